The highest BCUT2D eigenvalue weighted by Crippen LogP contribution is 2.24. The molecule has 3 aromatic carbocycles. The molecule has 0 spiro atoms. The molecule has 10 heteroatoms. The minimum Gasteiger partial charge on any atom is -0.277 e. The van der Waals surface area contributed by atoms with E-state index in [2.05, 4.69) is 21.1 Å². The summed E-state index contributed by atoms with van der Waals surface area (Å²) in [5.41, 5.74) is 7.75. The molecule has 182 valence electrons. The number of para-hydroxylation sites is 1. The molecule has 0 saturated carbocycles. The van der Waals surface area contributed by atoms with Gasteiger partial charge in [0, 0.05) is 17.7 Å². The number of nitriles is 1. The molecule has 3 aromatic rings. The topological polar surface area (TPSA) is 127 Å². The third-order valence-electron chi connectivity index (χ3n) is 5.49. The van der Waals surface area contributed by atoms with Gasteiger partial charge < -0.3 is 0 Å². The predicted octanol–water partition coefficient (Wildman–Crippen LogP) is 3.48. The van der Waals surface area contributed by atoms with Gasteiger partial charge >= 0.3 is 5.91 Å². The summed E-state index contributed by atoms with van der Waals surface area (Å²) in [5.74, 6) is -0.634. The van der Waals surface area contributed by atoms with Gasteiger partial charge in [-0.2, -0.15) is 15.5 Å². The van der Waals surface area contributed by atoms with Crippen LogP contribution in [-0.4, -0.2) is 38.0 Å². The van der Waals surface area contributed by atoms with E-state index in [9.17, 15) is 18.5 Å². The summed E-state index contributed by atoms with van der Waals surface area (Å²) in [5, 5.41) is 17.5. The summed E-state index contributed by atoms with van der Waals surface area (Å²) in [7, 11) is -3.33. The number of carbonyl (C=O) groups is 1. The second-order valence-corrected chi connectivity index (χ2v) is 9.97. The zero-order chi connectivity index (χ0) is 25.4. The molecule has 0 aromatic heterocycles. The number of nitrogens with zero attached hydrogens (tertiary/aromatic N) is 4. The van der Waals surface area contributed by atoms with Crippen molar-refractivity contribution >= 4 is 38.7 Å². The van der Waals surface area contributed by atoms with Crippen LogP contribution >= 0.6 is 0 Å². The smallest absolute Gasteiger partial charge is 0.277 e. The standard InChI is InChI=1S/C26H24N6O3S/c27-19-24(29-28-22-11-5-2-6-12-22)26(33)31-30-25(20-9-3-1-4-10-20)21-13-15-23(16-14-21)32-17-7-8-18-36(32,34)35/h1-6,9-16,28H,7-8,17-18H2,(H,31,33). The number of benzene rings is 3. The van der Waals surface area contributed by atoms with Gasteiger partial charge in [-0.3, -0.25) is 14.5 Å². The van der Waals surface area contributed by atoms with Crippen molar-refractivity contribution in [3.63, 3.8) is 0 Å². The molecule has 0 radical (unpaired) electrons. The molecule has 2 N–H and O–H groups in total. The monoisotopic (exact) mass is 500 g/mol. The largest absolute Gasteiger partial charge is 0.302 e. The maximum absolute atomic E-state index is 12.6. The molecule has 0 aliphatic carbocycles. The molecule has 1 heterocycles. The van der Waals surface area contributed by atoms with E-state index in [1.54, 1.807) is 54.6 Å². The van der Waals surface area contributed by atoms with Crippen molar-refractivity contribution in [3.05, 3.63) is 96.1 Å². The normalized spacial score (nSPS) is 15.6. The van der Waals surface area contributed by atoms with Crippen LogP contribution in [0.3, 0.4) is 0 Å². The molecule has 9 nitrogen and oxygen atoms in total. The molecule has 1 fully saturated rings. The second-order valence-electron chi connectivity index (χ2n) is 7.96. The minimum atomic E-state index is -3.33. The maximum Gasteiger partial charge on any atom is 0.302 e. The van der Waals surface area contributed by atoms with Crippen molar-refractivity contribution in [2.75, 3.05) is 22.0 Å². The van der Waals surface area contributed by atoms with Crippen molar-refractivity contribution in [3.8, 4) is 6.07 Å². The lowest BCUT2D eigenvalue weighted by Gasteiger charge is -2.28. The van der Waals surface area contributed by atoms with E-state index < -0.39 is 15.9 Å². The summed E-state index contributed by atoms with van der Waals surface area (Å²) < 4.78 is 26.3. The first-order valence-corrected chi connectivity index (χ1v) is 12.9. The number of hydrogen-bond acceptors (Lipinski definition) is 7. The Morgan fingerprint density at radius 2 is 1.50 bits per heavy atom. The third kappa shape index (κ3) is 5.95. The minimum absolute atomic E-state index is 0.138. The molecule has 0 bridgehead atoms. The number of amides is 1. The first kappa shape index (κ1) is 24.6. The Morgan fingerprint density at radius 3 is 2.14 bits per heavy atom. The molecule has 1 aliphatic rings. The van der Waals surface area contributed by atoms with Crippen LogP contribution in [0, 0.1) is 11.3 Å². The van der Waals surface area contributed by atoms with E-state index in [-0.39, 0.29) is 11.5 Å². The molecular weight excluding hydrogens is 476 g/mol. The van der Waals surface area contributed by atoms with Gasteiger partial charge in [0.05, 0.1) is 22.8 Å². The average Bonchev–Trinajstić information content (AvgIpc) is 2.90. The second kappa shape index (κ2) is 11.3. The average molecular weight is 501 g/mol. The molecule has 1 aliphatic heterocycles. The predicted molar refractivity (Wildman–Crippen MR) is 140 cm³/mol. The van der Waals surface area contributed by atoms with Crippen molar-refractivity contribution < 1.29 is 13.2 Å². The van der Waals surface area contributed by atoms with Crippen molar-refractivity contribution in [2.45, 2.75) is 12.8 Å². The van der Waals surface area contributed by atoms with Crippen LogP contribution < -0.4 is 15.2 Å². The summed E-state index contributed by atoms with van der Waals surface area (Å²) in [4.78, 5) is 12.6. The van der Waals surface area contributed by atoms with Crippen molar-refractivity contribution in [1.29, 1.82) is 5.26 Å². The zero-order valence-corrected chi connectivity index (χ0v) is 20.1. The van der Waals surface area contributed by atoms with Crippen LogP contribution in [0.4, 0.5) is 11.4 Å². The Bertz CT molecular complexity index is 1410. The third-order valence-corrected chi connectivity index (χ3v) is 7.36. The fourth-order valence-electron chi connectivity index (χ4n) is 3.68. The van der Waals surface area contributed by atoms with Gasteiger partial charge in [-0.1, -0.05) is 60.7 Å². The van der Waals surface area contributed by atoms with Crippen molar-refractivity contribution in [2.24, 2.45) is 10.2 Å². The molecule has 0 atom stereocenters. The molecule has 1 amide bonds. The summed E-state index contributed by atoms with van der Waals surface area (Å²) >= 11 is 0. The van der Waals surface area contributed by atoms with E-state index in [0.717, 1.165) is 12.0 Å². The summed E-state index contributed by atoms with van der Waals surface area (Å²) in [6, 6.07) is 26.9. The van der Waals surface area contributed by atoms with Gasteiger partial charge in [0.1, 0.15) is 6.07 Å². The van der Waals surface area contributed by atoms with Crippen molar-refractivity contribution in [1.82, 2.24) is 5.43 Å². The van der Waals surface area contributed by atoms with E-state index in [1.807, 2.05) is 36.4 Å². The first-order chi connectivity index (χ1) is 17.5. The quantitative estimate of drug-likeness (QED) is 0.379. The van der Waals surface area contributed by atoms with E-state index >= 15 is 0 Å². The molecule has 1 saturated heterocycles. The lowest BCUT2D eigenvalue weighted by molar-refractivity contribution is -0.114. The number of anilines is 2. The maximum atomic E-state index is 12.6. The molecule has 4 rings (SSSR count). The van der Waals surface area contributed by atoms with Gasteiger partial charge in [0.15, 0.2) is 0 Å². The Kier molecular flexibility index (Phi) is 7.72. The van der Waals surface area contributed by atoms with Gasteiger partial charge in [0.2, 0.25) is 15.7 Å². The molecule has 36 heavy (non-hydrogen) atoms. The number of hydrogen-bond donors (Lipinski definition) is 2. The SMILES string of the molecule is N#CC(=NNc1ccccc1)C(=O)NN=C(c1ccccc1)c1ccc(N2CCCCS2(=O)=O)cc1. The fourth-order valence-corrected chi connectivity index (χ4v) is 5.32. The van der Waals surface area contributed by atoms with Crippen LogP contribution in [0.1, 0.15) is 24.0 Å². The van der Waals surface area contributed by atoms with E-state index in [1.165, 1.54) is 4.31 Å². The van der Waals surface area contributed by atoms with Gasteiger partial charge in [0.25, 0.3) is 0 Å². The van der Waals surface area contributed by atoms with Crippen LogP contribution in [0.2, 0.25) is 0 Å². The zero-order valence-electron chi connectivity index (χ0n) is 19.3. The summed E-state index contributed by atoms with van der Waals surface area (Å²) in [6.45, 7) is 0.449. The number of rotatable bonds is 7. The van der Waals surface area contributed by atoms with E-state index in [0.29, 0.717) is 35.6 Å². The lowest BCUT2D eigenvalue weighted by Crippen LogP contribution is -2.37. The Labute approximate surface area is 209 Å². The number of nitrogens with one attached hydrogen (secondary N) is 2. The highest BCUT2D eigenvalue weighted by atomic mass is 32.2. The van der Waals surface area contributed by atoms with Crippen LogP contribution in [0.15, 0.2) is 95.1 Å². The fraction of sp³-hybridized carbons (Fsp3) is 0.154. The Balaban J connectivity index is 1.58. The molecular formula is C26H24N6O3S. The van der Waals surface area contributed by atoms with Gasteiger partial charge in [-0.05, 0) is 37.1 Å². The van der Waals surface area contributed by atoms with Gasteiger partial charge in [-0.15, -0.1) is 0 Å². The molecule has 0 unspecified atom stereocenters. The van der Waals surface area contributed by atoms with Crippen LogP contribution in [0.5, 0.6) is 0 Å². The highest BCUT2D eigenvalue weighted by Gasteiger charge is 2.26. The number of carbonyl (C=O) groups excluding carboxylic acids is 1. The van der Waals surface area contributed by atoms with Crippen LogP contribution in [0.25, 0.3) is 0 Å². The summed E-state index contributed by atoms with van der Waals surface area (Å²) in [6.07, 6.45) is 1.47. The van der Waals surface area contributed by atoms with E-state index in [4.69, 9.17) is 0 Å². The highest BCUT2D eigenvalue weighted by molar-refractivity contribution is 7.92. The number of sulfonamides is 1. The Morgan fingerprint density at radius 1 is 0.861 bits per heavy atom. The van der Waals surface area contributed by atoms with Gasteiger partial charge in [-0.25, -0.2) is 13.8 Å². The lowest BCUT2D eigenvalue weighted by atomic mass is 10.0. The number of hydrazone groups is 2. The van der Waals surface area contributed by atoms with Crippen LogP contribution in [-0.2, 0) is 14.8 Å². The Hall–Kier alpha value is -4.49. The first-order valence-electron chi connectivity index (χ1n) is 11.3.